The molecule has 0 saturated carbocycles. The first kappa shape index (κ1) is 16.2. The molecular weight excluding hydrogens is 282 g/mol. The summed E-state index contributed by atoms with van der Waals surface area (Å²) in [5.74, 6) is 0.781. The van der Waals surface area contributed by atoms with Gasteiger partial charge >= 0.3 is 0 Å². The lowest BCUT2D eigenvalue weighted by molar-refractivity contribution is 0.171. The van der Waals surface area contributed by atoms with Gasteiger partial charge in [0, 0.05) is 39.8 Å². The molecule has 0 fully saturated rings. The van der Waals surface area contributed by atoms with Crippen LogP contribution in [0.2, 0.25) is 0 Å². The van der Waals surface area contributed by atoms with Crippen molar-refractivity contribution in [2.45, 2.75) is 37.2 Å². The van der Waals surface area contributed by atoms with E-state index in [0.717, 1.165) is 23.6 Å². The first-order valence-electron chi connectivity index (χ1n) is 7.07. The van der Waals surface area contributed by atoms with Crippen LogP contribution in [0.15, 0.2) is 29.3 Å². The highest BCUT2D eigenvalue weighted by molar-refractivity contribution is 7.85. The van der Waals surface area contributed by atoms with Gasteiger partial charge in [-0.2, -0.15) is 0 Å². The molecule has 1 aliphatic heterocycles. The molecule has 1 aromatic heterocycles. The second-order valence-corrected chi connectivity index (χ2v) is 7.96. The van der Waals surface area contributed by atoms with Crippen LogP contribution in [0.3, 0.4) is 0 Å². The Balaban J connectivity index is 0.00000161. The Morgan fingerprint density at radius 2 is 2.00 bits per heavy atom. The maximum absolute atomic E-state index is 11.9. The van der Waals surface area contributed by atoms with Gasteiger partial charge in [-0.3, -0.25) is 4.21 Å². The smallest absolute Gasteiger partial charge is 0.0535 e. The second kappa shape index (κ2) is 5.55. The number of benzene rings is 1. The zero-order valence-electron chi connectivity index (χ0n) is 13.3. The van der Waals surface area contributed by atoms with Gasteiger partial charge in [-0.15, -0.1) is 0 Å². The monoisotopic (exact) mass is 307 g/mol. The van der Waals surface area contributed by atoms with Crippen molar-refractivity contribution in [1.29, 1.82) is 0 Å². The summed E-state index contributed by atoms with van der Waals surface area (Å²) in [6.45, 7) is 5.45. The first-order valence-corrected chi connectivity index (χ1v) is 8.38. The Morgan fingerprint density at radius 3 is 2.67 bits per heavy atom. The van der Waals surface area contributed by atoms with Crippen LogP contribution in [0.4, 0.5) is 0 Å². The van der Waals surface area contributed by atoms with E-state index in [1.807, 2.05) is 0 Å². The molecule has 1 aliphatic rings. The summed E-state index contributed by atoms with van der Waals surface area (Å²) in [5, 5.41) is 1.28. The van der Waals surface area contributed by atoms with E-state index in [4.69, 9.17) is 0 Å². The average molecular weight is 307 g/mol. The summed E-state index contributed by atoms with van der Waals surface area (Å²) in [5.41, 5.74) is 2.66. The van der Waals surface area contributed by atoms with Gasteiger partial charge in [0.05, 0.1) is 10.8 Å². The molecule has 0 spiro atoms. The normalized spacial score (nSPS) is 18.0. The lowest BCUT2D eigenvalue weighted by Crippen LogP contribution is -2.41. The Kier molecular flexibility index (Phi) is 4.29. The van der Waals surface area contributed by atoms with Crippen molar-refractivity contribution in [3.63, 3.8) is 0 Å². The molecule has 3 rings (SSSR count). The fourth-order valence-corrected chi connectivity index (χ4v) is 4.10. The molecule has 3 N–H and O–H groups in total. The van der Waals surface area contributed by atoms with Crippen molar-refractivity contribution in [1.82, 2.24) is 15.6 Å². The number of nitrogens with zero attached hydrogens (tertiary/aromatic N) is 2. The predicted octanol–water partition coefficient (Wildman–Crippen LogP) is 2.81. The molecule has 0 saturated heterocycles. The van der Waals surface area contributed by atoms with Crippen LogP contribution >= 0.6 is 0 Å². The second-order valence-electron chi connectivity index (χ2n) is 6.43. The van der Waals surface area contributed by atoms with Crippen molar-refractivity contribution in [2.75, 3.05) is 19.8 Å². The van der Waals surface area contributed by atoms with Gasteiger partial charge in [-0.1, -0.05) is 0 Å². The molecule has 116 valence electrons. The van der Waals surface area contributed by atoms with E-state index in [-0.39, 0.29) is 11.7 Å². The zero-order chi connectivity index (χ0) is 14.5. The number of hydrogen-bond acceptors (Lipinski definition) is 3. The summed E-state index contributed by atoms with van der Waals surface area (Å²) in [4.78, 5) is 3.29. The highest BCUT2D eigenvalue weighted by Gasteiger charge is 2.24. The van der Waals surface area contributed by atoms with E-state index in [1.54, 1.807) is 0 Å². The van der Waals surface area contributed by atoms with Gasteiger partial charge in [0.2, 0.25) is 0 Å². The number of likely N-dealkylation sites (N-methyl/N-ethyl adjacent to an activating group) is 1. The lowest BCUT2D eigenvalue weighted by atomic mass is 10.0. The van der Waals surface area contributed by atoms with Gasteiger partial charge in [0.1, 0.15) is 0 Å². The van der Waals surface area contributed by atoms with E-state index in [2.05, 4.69) is 61.8 Å². The Morgan fingerprint density at radius 1 is 1.29 bits per heavy atom. The maximum atomic E-state index is 11.9. The highest BCUT2D eigenvalue weighted by Crippen LogP contribution is 2.31. The summed E-state index contributed by atoms with van der Waals surface area (Å²) in [6, 6.07) is 6.37. The van der Waals surface area contributed by atoms with Gasteiger partial charge in [0.15, 0.2) is 0 Å². The van der Waals surface area contributed by atoms with Crippen molar-refractivity contribution >= 4 is 21.7 Å². The molecule has 2 heterocycles. The summed E-state index contributed by atoms with van der Waals surface area (Å²) in [7, 11) is 3.45. The fourth-order valence-electron chi connectivity index (χ4n) is 2.79. The van der Waals surface area contributed by atoms with Crippen LogP contribution in [0, 0.1) is 0 Å². The molecule has 5 heteroatoms. The largest absolute Gasteiger partial charge is 0.346 e. The average Bonchev–Trinajstić information content (AvgIpc) is 2.94. The standard InChI is InChI=1S/C16H22N2OS.H3N/c1-16(2,17(3)4)11-18-9-7-12-13-8-10-20(19)15(13)6-5-14(12)18;/h5-7,9H,8,10-11H2,1-4H3;1H3. The molecule has 0 radical (unpaired) electrons. The number of aryl methyl sites for hydroxylation is 1. The lowest BCUT2D eigenvalue weighted by Gasteiger charge is -2.33. The molecule has 1 aromatic carbocycles. The Labute approximate surface area is 129 Å². The first-order chi connectivity index (χ1) is 9.40. The molecule has 0 bridgehead atoms. The summed E-state index contributed by atoms with van der Waals surface area (Å²) < 4.78 is 14.2. The minimum absolute atomic E-state index is 0. The SMILES string of the molecule is CN(C)C(C)(C)Cn1ccc2c3c(ccc21)S(=O)CC3.N. The van der Waals surface area contributed by atoms with Crippen LogP contribution in [0.25, 0.3) is 10.9 Å². The molecule has 4 nitrogen and oxygen atoms in total. The van der Waals surface area contributed by atoms with Crippen LogP contribution in [0.5, 0.6) is 0 Å². The number of hydrogen-bond donors (Lipinski definition) is 1. The molecule has 2 aromatic rings. The third kappa shape index (κ3) is 2.65. The van der Waals surface area contributed by atoms with E-state index >= 15 is 0 Å². The van der Waals surface area contributed by atoms with Crippen LogP contribution in [-0.4, -0.2) is 39.1 Å². The molecule has 21 heavy (non-hydrogen) atoms. The number of rotatable bonds is 3. The topological polar surface area (TPSA) is 60.2 Å². The van der Waals surface area contributed by atoms with Gasteiger partial charge < -0.3 is 15.6 Å². The minimum atomic E-state index is -0.788. The quantitative estimate of drug-likeness (QED) is 0.948. The Hall–Kier alpha value is -1.17. The number of aromatic nitrogens is 1. The number of fused-ring (bicyclic) bond motifs is 3. The highest BCUT2D eigenvalue weighted by atomic mass is 32.2. The fraction of sp³-hybridized carbons (Fsp3) is 0.500. The summed E-state index contributed by atoms with van der Waals surface area (Å²) in [6.07, 6.45) is 3.11. The van der Waals surface area contributed by atoms with Gasteiger partial charge in [0.25, 0.3) is 0 Å². The van der Waals surface area contributed by atoms with Gasteiger partial charge in [-0.05, 0) is 58.1 Å². The van der Waals surface area contributed by atoms with E-state index in [0.29, 0.717) is 0 Å². The van der Waals surface area contributed by atoms with Crippen molar-refractivity contribution < 1.29 is 4.21 Å². The predicted molar refractivity (Wildman–Crippen MR) is 89.7 cm³/mol. The van der Waals surface area contributed by atoms with Crippen LogP contribution < -0.4 is 6.15 Å². The van der Waals surface area contributed by atoms with Crippen molar-refractivity contribution in [3.8, 4) is 0 Å². The maximum Gasteiger partial charge on any atom is 0.0535 e. The third-order valence-corrected chi connectivity index (χ3v) is 6.02. The Bertz CT molecular complexity index is 688. The van der Waals surface area contributed by atoms with E-state index < -0.39 is 10.8 Å². The minimum Gasteiger partial charge on any atom is -0.346 e. The summed E-state index contributed by atoms with van der Waals surface area (Å²) >= 11 is 0. The van der Waals surface area contributed by atoms with Crippen molar-refractivity contribution in [3.05, 3.63) is 30.0 Å². The molecule has 0 amide bonds. The third-order valence-electron chi connectivity index (χ3n) is 4.57. The van der Waals surface area contributed by atoms with Crippen LogP contribution in [0.1, 0.15) is 19.4 Å². The zero-order valence-corrected chi connectivity index (χ0v) is 14.2. The molecule has 0 aliphatic carbocycles. The van der Waals surface area contributed by atoms with E-state index in [9.17, 15) is 4.21 Å². The van der Waals surface area contributed by atoms with Gasteiger partial charge in [-0.25, -0.2) is 0 Å². The van der Waals surface area contributed by atoms with Crippen LogP contribution in [-0.2, 0) is 23.8 Å². The van der Waals surface area contributed by atoms with E-state index in [1.165, 1.54) is 16.5 Å². The van der Waals surface area contributed by atoms with Crippen molar-refractivity contribution in [2.24, 2.45) is 0 Å². The molecule has 1 unspecified atom stereocenters. The molecular formula is C16H25N3OS. The molecule has 1 atom stereocenters.